The van der Waals surface area contributed by atoms with Crippen LogP contribution in [-0.2, 0) is 17.9 Å². The summed E-state index contributed by atoms with van der Waals surface area (Å²) in [7, 11) is 0. The molecule has 2 aromatic carbocycles. The molecule has 2 amide bonds. The Morgan fingerprint density at radius 1 is 1.12 bits per heavy atom. The number of fused-ring (bicyclic) bond motifs is 1. The molecular weight excluding hydrogens is 387 g/mol. The molecule has 0 saturated heterocycles. The maximum Gasteiger partial charge on any atom is 0.254 e. The molecule has 0 unspecified atom stereocenters. The summed E-state index contributed by atoms with van der Waals surface area (Å²) in [5.41, 5.74) is 2.37. The van der Waals surface area contributed by atoms with E-state index in [2.05, 4.69) is 21.2 Å². The number of amides is 2. The topological polar surface area (TPSA) is 49.4 Å². The first-order valence-corrected chi connectivity index (χ1v) is 8.91. The quantitative estimate of drug-likeness (QED) is 0.773. The van der Waals surface area contributed by atoms with E-state index in [0.29, 0.717) is 36.9 Å². The van der Waals surface area contributed by atoms with E-state index >= 15 is 0 Å². The van der Waals surface area contributed by atoms with Gasteiger partial charge in [0.2, 0.25) is 5.91 Å². The minimum atomic E-state index is -0.563. The molecule has 0 saturated carbocycles. The first-order valence-electron chi connectivity index (χ1n) is 8.12. The monoisotopic (exact) mass is 404 g/mol. The minimum Gasteiger partial charge on any atom is -0.352 e. The third-order valence-corrected chi connectivity index (χ3v) is 4.71. The molecule has 0 spiro atoms. The number of halogens is 2. The van der Waals surface area contributed by atoms with Crippen LogP contribution in [0.2, 0.25) is 0 Å². The number of rotatable bonds is 5. The third kappa shape index (κ3) is 4.25. The fourth-order valence-electron chi connectivity index (χ4n) is 2.88. The first kappa shape index (κ1) is 17.6. The molecule has 2 aromatic rings. The molecule has 0 bridgehead atoms. The van der Waals surface area contributed by atoms with Gasteiger partial charge < -0.3 is 10.2 Å². The zero-order valence-corrected chi connectivity index (χ0v) is 15.2. The Kier molecular flexibility index (Phi) is 5.48. The van der Waals surface area contributed by atoms with Crippen molar-refractivity contribution in [1.29, 1.82) is 0 Å². The summed E-state index contributed by atoms with van der Waals surface area (Å²) in [6, 6.07) is 12.3. The van der Waals surface area contributed by atoms with E-state index in [1.165, 1.54) is 23.3 Å². The van der Waals surface area contributed by atoms with Gasteiger partial charge in [-0.1, -0.05) is 40.2 Å². The van der Waals surface area contributed by atoms with Crippen molar-refractivity contribution in [2.45, 2.75) is 25.9 Å². The van der Waals surface area contributed by atoms with Gasteiger partial charge in [0, 0.05) is 30.5 Å². The van der Waals surface area contributed by atoms with Gasteiger partial charge in [0.1, 0.15) is 5.82 Å². The van der Waals surface area contributed by atoms with Crippen molar-refractivity contribution < 1.29 is 14.0 Å². The molecule has 1 aliphatic heterocycles. The number of nitrogens with zero attached hydrogens (tertiary/aromatic N) is 1. The van der Waals surface area contributed by atoms with Crippen LogP contribution in [0.1, 0.15) is 34.3 Å². The molecule has 4 nitrogen and oxygen atoms in total. The molecule has 3 rings (SSSR count). The normalized spacial score (nSPS) is 12.8. The van der Waals surface area contributed by atoms with E-state index < -0.39 is 11.7 Å². The molecule has 6 heteroatoms. The van der Waals surface area contributed by atoms with E-state index in [4.69, 9.17) is 0 Å². The summed E-state index contributed by atoms with van der Waals surface area (Å²) in [5.74, 6) is -0.967. The molecular formula is C19H18BrFN2O2. The summed E-state index contributed by atoms with van der Waals surface area (Å²) in [6.45, 7) is 1.62. The second kappa shape index (κ2) is 7.78. The van der Waals surface area contributed by atoms with E-state index in [-0.39, 0.29) is 11.5 Å². The highest BCUT2D eigenvalue weighted by atomic mass is 79.9. The summed E-state index contributed by atoms with van der Waals surface area (Å²) >= 11 is 3.22. The number of nitrogens with one attached hydrogen (secondary N) is 1. The SMILES string of the molecule is O=C(NCCCC(=O)N1Cc2ccccc2C1)c1cc(Br)ccc1F. The summed E-state index contributed by atoms with van der Waals surface area (Å²) in [6.07, 6.45) is 0.877. The average molecular weight is 405 g/mol. The lowest BCUT2D eigenvalue weighted by Crippen LogP contribution is -2.28. The van der Waals surface area contributed by atoms with Crippen LogP contribution in [0.5, 0.6) is 0 Å². The second-order valence-electron chi connectivity index (χ2n) is 6.00. The van der Waals surface area contributed by atoms with E-state index in [1.807, 2.05) is 29.2 Å². The van der Waals surface area contributed by atoms with Gasteiger partial charge in [-0.05, 0) is 35.7 Å². The Morgan fingerprint density at radius 3 is 2.48 bits per heavy atom. The van der Waals surface area contributed by atoms with Crippen molar-refractivity contribution in [2.24, 2.45) is 0 Å². The fraction of sp³-hybridized carbons (Fsp3) is 0.263. The van der Waals surface area contributed by atoms with Crippen LogP contribution < -0.4 is 5.32 Å². The number of hydrogen-bond acceptors (Lipinski definition) is 2. The van der Waals surface area contributed by atoms with Crippen LogP contribution in [0.25, 0.3) is 0 Å². The fourth-order valence-corrected chi connectivity index (χ4v) is 3.24. The highest BCUT2D eigenvalue weighted by Gasteiger charge is 2.22. The van der Waals surface area contributed by atoms with Gasteiger partial charge in [0.25, 0.3) is 5.91 Å². The summed E-state index contributed by atoms with van der Waals surface area (Å²) in [4.78, 5) is 26.1. The smallest absolute Gasteiger partial charge is 0.254 e. The molecule has 1 heterocycles. The van der Waals surface area contributed by atoms with Crippen molar-refractivity contribution >= 4 is 27.7 Å². The summed E-state index contributed by atoms with van der Waals surface area (Å²) in [5, 5.41) is 2.66. The molecule has 0 aliphatic carbocycles. The van der Waals surface area contributed by atoms with Gasteiger partial charge in [0.05, 0.1) is 5.56 Å². The van der Waals surface area contributed by atoms with Crippen LogP contribution in [-0.4, -0.2) is 23.3 Å². The van der Waals surface area contributed by atoms with Crippen molar-refractivity contribution in [2.75, 3.05) is 6.54 Å². The zero-order valence-electron chi connectivity index (χ0n) is 13.6. The van der Waals surface area contributed by atoms with Gasteiger partial charge in [-0.15, -0.1) is 0 Å². The Morgan fingerprint density at radius 2 is 1.80 bits per heavy atom. The van der Waals surface area contributed by atoms with Crippen LogP contribution in [0.4, 0.5) is 4.39 Å². The van der Waals surface area contributed by atoms with Gasteiger partial charge in [0.15, 0.2) is 0 Å². The number of carbonyl (C=O) groups excluding carboxylic acids is 2. The number of benzene rings is 2. The summed E-state index contributed by atoms with van der Waals surface area (Å²) < 4.78 is 14.3. The molecule has 0 fully saturated rings. The highest BCUT2D eigenvalue weighted by Crippen LogP contribution is 2.23. The molecule has 0 radical (unpaired) electrons. The van der Waals surface area contributed by atoms with Gasteiger partial charge >= 0.3 is 0 Å². The van der Waals surface area contributed by atoms with Crippen LogP contribution in [0.15, 0.2) is 46.9 Å². The van der Waals surface area contributed by atoms with Crippen molar-refractivity contribution in [1.82, 2.24) is 10.2 Å². The maximum atomic E-state index is 13.6. The lowest BCUT2D eigenvalue weighted by atomic mass is 10.1. The Labute approximate surface area is 154 Å². The van der Waals surface area contributed by atoms with Crippen LogP contribution in [0.3, 0.4) is 0 Å². The number of hydrogen-bond donors (Lipinski definition) is 1. The lowest BCUT2D eigenvalue weighted by molar-refractivity contribution is -0.131. The van der Waals surface area contributed by atoms with Crippen molar-refractivity contribution in [3.8, 4) is 0 Å². The predicted molar refractivity (Wildman–Crippen MR) is 96.4 cm³/mol. The van der Waals surface area contributed by atoms with Gasteiger partial charge in [-0.2, -0.15) is 0 Å². The third-order valence-electron chi connectivity index (χ3n) is 4.22. The van der Waals surface area contributed by atoms with Crippen molar-refractivity contribution in [3.05, 3.63) is 69.4 Å². The van der Waals surface area contributed by atoms with Gasteiger partial charge in [-0.25, -0.2) is 4.39 Å². The maximum absolute atomic E-state index is 13.6. The standard InChI is InChI=1S/C19H18BrFN2O2/c20-15-7-8-17(21)16(10-15)19(25)22-9-3-6-18(24)23-11-13-4-1-2-5-14(13)12-23/h1-2,4-5,7-8,10H,3,6,9,11-12H2,(H,22,25). The molecule has 130 valence electrons. The second-order valence-corrected chi connectivity index (χ2v) is 6.92. The van der Waals surface area contributed by atoms with Crippen LogP contribution in [0, 0.1) is 5.82 Å². The van der Waals surface area contributed by atoms with Crippen LogP contribution >= 0.6 is 15.9 Å². The molecule has 1 aliphatic rings. The van der Waals surface area contributed by atoms with Gasteiger partial charge in [-0.3, -0.25) is 9.59 Å². The molecule has 0 aromatic heterocycles. The average Bonchev–Trinajstić information content (AvgIpc) is 3.04. The first-order chi connectivity index (χ1) is 12.0. The van der Waals surface area contributed by atoms with Crippen molar-refractivity contribution in [3.63, 3.8) is 0 Å². The largest absolute Gasteiger partial charge is 0.352 e. The zero-order chi connectivity index (χ0) is 17.8. The number of carbonyl (C=O) groups is 2. The minimum absolute atomic E-state index is 0.00399. The molecule has 1 N–H and O–H groups in total. The Bertz CT molecular complexity index is 785. The molecule has 25 heavy (non-hydrogen) atoms. The Hall–Kier alpha value is -2.21. The van der Waals surface area contributed by atoms with E-state index in [9.17, 15) is 14.0 Å². The lowest BCUT2D eigenvalue weighted by Gasteiger charge is -2.15. The highest BCUT2D eigenvalue weighted by molar-refractivity contribution is 9.10. The Balaban J connectivity index is 1.44. The van der Waals surface area contributed by atoms with E-state index in [1.54, 1.807) is 6.07 Å². The van der Waals surface area contributed by atoms with E-state index in [0.717, 1.165) is 0 Å². The molecule has 0 atom stereocenters. The predicted octanol–water partition coefficient (Wildman–Crippen LogP) is 3.64.